The van der Waals surface area contributed by atoms with Crippen molar-refractivity contribution in [3.8, 4) is 55.6 Å². The molecule has 2 aliphatic heterocycles. The van der Waals surface area contributed by atoms with E-state index in [1.807, 2.05) is 97.1 Å². The molecule has 3 nitrogen and oxygen atoms in total. The van der Waals surface area contributed by atoms with Crippen LogP contribution >= 0.6 is 23.2 Å². The number of para-hydroxylation sites is 1. The van der Waals surface area contributed by atoms with E-state index >= 15 is 0 Å². The predicted octanol–water partition coefficient (Wildman–Crippen LogP) is 22.6. The van der Waals surface area contributed by atoms with Gasteiger partial charge in [-0.1, -0.05) is 222 Å². The van der Waals surface area contributed by atoms with Gasteiger partial charge in [0, 0.05) is 54.6 Å². The number of furan rings is 1. The van der Waals surface area contributed by atoms with E-state index in [2.05, 4.69) is 154 Å². The summed E-state index contributed by atoms with van der Waals surface area (Å²) < 4.78 is 67.3. The summed E-state index contributed by atoms with van der Waals surface area (Å²) in [5.74, 6) is -1.11. The smallest absolute Gasteiger partial charge is 0.135 e. The molecule has 0 amide bonds. The van der Waals surface area contributed by atoms with Crippen LogP contribution < -0.4 is 9.80 Å². The van der Waals surface area contributed by atoms with Crippen molar-refractivity contribution in [3.63, 3.8) is 0 Å². The lowest BCUT2D eigenvalue weighted by atomic mass is 9.74. The first-order valence-corrected chi connectivity index (χ1v) is 27.9. The zero-order valence-electron chi connectivity index (χ0n) is 51.2. The molecule has 0 radical (unpaired) electrons. The number of nitrogens with zero attached hydrogens (tertiary/aromatic N) is 2. The largest absolute Gasteiger partial charge is 0.456 e. The maximum Gasteiger partial charge on any atom is 0.135 e. The quantitative estimate of drug-likeness (QED) is 0.159. The zero-order valence-corrected chi connectivity index (χ0v) is 46.7. The van der Waals surface area contributed by atoms with Crippen molar-refractivity contribution in [1.29, 1.82) is 0 Å². The molecule has 1 aromatic heterocycles. The second-order valence-electron chi connectivity index (χ2n) is 23.0. The van der Waals surface area contributed by atoms with Crippen LogP contribution in [0.1, 0.15) is 83.5 Å². The van der Waals surface area contributed by atoms with Crippen LogP contribution in [0.25, 0.3) is 77.6 Å². The fraction of sp³-hybridized carbons (Fsp3) is 0.120. The molecule has 80 heavy (non-hydrogen) atoms. The SMILES string of the molecule is [2H]c1c([2H])c2c(c([2H])c1Cl)N(c1c(-c3ccccc3)cc(C(C)(C)C)cc1-c1ccccc1)c1cc(-c3ccc4oc5ccccc5c4c3)cc3c1C2c1c([2H])c([2H])c(Cl)c([2H])c1N3c1c(-c2ccccc2)cc(C(C)(C)C)cc1-c1ccccc1. The van der Waals surface area contributed by atoms with Gasteiger partial charge in [0.05, 0.1) is 42.3 Å². The van der Waals surface area contributed by atoms with Gasteiger partial charge in [0.25, 0.3) is 0 Å². The van der Waals surface area contributed by atoms with Gasteiger partial charge in [-0.15, -0.1) is 0 Å². The Bertz CT molecular complexity index is 4400. The minimum Gasteiger partial charge on any atom is -0.456 e. The van der Waals surface area contributed by atoms with Crippen LogP contribution in [0.4, 0.5) is 34.1 Å². The highest BCUT2D eigenvalue weighted by Crippen LogP contribution is 2.65. The second kappa shape index (κ2) is 19.1. The Morgan fingerprint density at radius 2 is 0.775 bits per heavy atom. The highest BCUT2D eigenvalue weighted by molar-refractivity contribution is 6.31. The molecule has 0 saturated heterocycles. The lowest BCUT2D eigenvalue weighted by Gasteiger charge is -2.47. The van der Waals surface area contributed by atoms with Gasteiger partial charge < -0.3 is 14.2 Å². The molecule has 0 N–H and O–H groups in total. The summed E-state index contributed by atoms with van der Waals surface area (Å²) in [5, 5.41) is 1.47. The van der Waals surface area contributed by atoms with Crippen molar-refractivity contribution in [1.82, 2.24) is 0 Å². The molecule has 0 bridgehead atoms. The molecular weight excluding hydrogens is 1020 g/mol. The molecule has 0 spiro atoms. The highest BCUT2D eigenvalue weighted by Gasteiger charge is 2.44. The molecule has 3 heterocycles. The molecule has 2 aliphatic rings. The van der Waals surface area contributed by atoms with E-state index in [0.29, 0.717) is 28.3 Å². The molecule has 388 valence electrons. The number of halogens is 2. The van der Waals surface area contributed by atoms with E-state index in [0.717, 1.165) is 88.7 Å². The lowest BCUT2D eigenvalue weighted by molar-refractivity contribution is 0.590. The van der Waals surface area contributed by atoms with Crippen molar-refractivity contribution in [2.75, 3.05) is 9.80 Å². The van der Waals surface area contributed by atoms with Crippen molar-refractivity contribution in [2.24, 2.45) is 0 Å². The second-order valence-corrected chi connectivity index (χ2v) is 23.8. The number of hydrogen-bond donors (Lipinski definition) is 0. The highest BCUT2D eigenvalue weighted by atomic mass is 35.5. The lowest BCUT2D eigenvalue weighted by Crippen LogP contribution is -2.30. The fourth-order valence-corrected chi connectivity index (χ4v) is 12.3. The fourth-order valence-electron chi connectivity index (χ4n) is 12.0. The predicted molar refractivity (Wildman–Crippen MR) is 339 cm³/mol. The zero-order chi connectivity index (χ0) is 59.8. The summed E-state index contributed by atoms with van der Waals surface area (Å²) >= 11 is 14.6. The summed E-state index contributed by atoms with van der Waals surface area (Å²) in [5.41, 5.74) is 15.9. The van der Waals surface area contributed by atoms with Crippen LogP contribution in [0.5, 0.6) is 0 Å². The van der Waals surface area contributed by atoms with Crippen molar-refractivity contribution in [3.05, 3.63) is 274 Å². The summed E-state index contributed by atoms with van der Waals surface area (Å²) in [6.07, 6.45) is 0. The van der Waals surface area contributed by atoms with Gasteiger partial charge in [-0.3, -0.25) is 0 Å². The Morgan fingerprint density at radius 3 is 1.19 bits per heavy atom. The third-order valence-electron chi connectivity index (χ3n) is 16.0. The molecule has 0 fully saturated rings. The number of rotatable bonds is 7. The van der Waals surface area contributed by atoms with E-state index in [-0.39, 0.29) is 79.6 Å². The van der Waals surface area contributed by atoms with E-state index in [1.54, 1.807) is 0 Å². The number of anilines is 6. The maximum absolute atomic E-state index is 10.4. The average molecular weight is 1080 g/mol. The topological polar surface area (TPSA) is 19.6 Å². The number of fused-ring (bicyclic) bond motifs is 7. The van der Waals surface area contributed by atoms with E-state index in [1.165, 1.54) is 0 Å². The van der Waals surface area contributed by atoms with Gasteiger partial charge in [-0.05, 0) is 145 Å². The molecule has 5 heteroatoms. The Kier molecular flexibility index (Phi) is 10.3. The Morgan fingerprint density at radius 1 is 0.388 bits per heavy atom. The molecular formula is C75H58Cl2N2O. The summed E-state index contributed by atoms with van der Waals surface area (Å²) in [6, 6.07) is 66.9. The van der Waals surface area contributed by atoms with Crippen LogP contribution in [-0.4, -0.2) is 0 Å². The molecule has 12 aromatic rings. The Hall–Kier alpha value is -8.60. The molecule has 0 atom stereocenters. The van der Waals surface area contributed by atoms with Crippen LogP contribution in [-0.2, 0) is 10.8 Å². The maximum atomic E-state index is 10.4. The first-order valence-electron chi connectivity index (χ1n) is 30.2. The first-order chi connectivity index (χ1) is 41.3. The minimum absolute atomic E-state index is 0.179. The van der Waals surface area contributed by atoms with Crippen LogP contribution in [0.2, 0.25) is 10.0 Å². The summed E-state index contributed by atoms with van der Waals surface area (Å²) in [4.78, 5) is 4.21. The van der Waals surface area contributed by atoms with E-state index < -0.39 is 5.92 Å². The molecule has 0 saturated carbocycles. The van der Waals surface area contributed by atoms with Crippen molar-refractivity contribution in [2.45, 2.75) is 58.3 Å². The van der Waals surface area contributed by atoms with E-state index in [4.69, 9.17) is 27.6 Å². The van der Waals surface area contributed by atoms with Gasteiger partial charge in [0.2, 0.25) is 0 Å². The van der Waals surface area contributed by atoms with Crippen LogP contribution in [0.15, 0.2) is 241 Å². The van der Waals surface area contributed by atoms with Gasteiger partial charge in [0.1, 0.15) is 11.2 Å². The van der Waals surface area contributed by atoms with Gasteiger partial charge in [-0.25, -0.2) is 0 Å². The van der Waals surface area contributed by atoms with Crippen LogP contribution in [0, 0.1) is 0 Å². The number of benzene rings is 11. The Balaban J connectivity index is 1.24. The van der Waals surface area contributed by atoms with Crippen molar-refractivity contribution >= 4 is 79.3 Å². The van der Waals surface area contributed by atoms with Gasteiger partial charge in [0.15, 0.2) is 0 Å². The minimum atomic E-state index is -1.11. The molecule has 11 aromatic carbocycles. The molecule has 0 aliphatic carbocycles. The van der Waals surface area contributed by atoms with E-state index in [9.17, 15) is 8.22 Å². The normalized spacial score (nSPS) is 14.2. The third kappa shape index (κ3) is 8.33. The summed E-state index contributed by atoms with van der Waals surface area (Å²) in [6.45, 7) is 13.2. The average Bonchev–Trinajstić information content (AvgIpc) is 0.758. The number of hydrogen-bond acceptors (Lipinski definition) is 3. The standard InChI is InChI=1S/C75H58Cl2N2O/c1-74(2,3)52-40-59(46-21-11-7-12-22-46)72(60(41-52)47-23-13-8-14-24-47)78-64-44-54(76)32-34-57(64)70-58-35-33-55(77)45-65(58)79(67-39-51(38-66(78)71(67)70)50-31-36-69-63(37-50)56-29-19-20-30-68(56)80-69)73-61(48-25-15-9-16-26-48)42-53(75(4,5)6)43-62(73)49-27-17-10-18-28-49/h7-45,70H,1-6H3/i32D,33D,34D,35D,44D,45D. The van der Waals surface area contributed by atoms with Crippen LogP contribution in [0.3, 0.4) is 0 Å². The van der Waals surface area contributed by atoms with Crippen molar-refractivity contribution < 1.29 is 12.6 Å². The van der Waals surface area contributed by atoms with Gasteiger partial charge >= 0.3 is 0 Å². The third-order valence-corrected chi connectivity index (χ3v) is 16.3. The summed E-state index contributed by atoms with van der Waals surface area (Å²) in [7, 11) is 0. The van der Waals surface area contributed by atoms with Gasteiger partial charge in [-0.2, -0.15) is 0 Å². The molecule has 0 unspecified atom stereocenters. The Labute approximate surface area is 487 Å². The first kappa shape index (κ1) is 43.3. The monoisotopic (exact) mass is 1080 g/mol. The molecule has 14 rings (SSSR count).